The van der Waals surface area contributed by atoms with E-state index in [1.807, 2.05) is 29.9 Å². The SMILES string of the molecule is COc1cccc2c(N3CCOC(Cn4cc(C)cn4)C3)cc(C)nc12. The average Bonchev–Trinajstić information content (AvgIpc) is 3.05. The van der Waals surface area contributed by atoms with E-state index in [9.17, 15) is 0 Å². The van der Waals surface area contributed by atoms with E-state index in [2.05, 4.69) is 35.3 Å². The van der Waals surface area contributed by atoms with Gasteiger partial charge in [0.2, 0.25) is 0 Å². The topological polar surface area (TPSA) is 52.4 Å². The molecule has 4 rings (SSSR count). The van der Waals surface area contributed by atoms with Gasteiger partial charge in [-0.1, -0.05) is 12.1 Å². The van der Waals surface area contributed by atoms with E-state index in [4.69, 9.17) is 14.5 Å². The molecular formula is C20H24N4O2. The molecular weight excluding hydrogens is 328 g/mol. The summed E-state index contributed by atoms with van der Waals surface area (Å²) < 4.78 is 13.5. The summed E-state index contributed by atoms with van der Waals surface area (Å²) in [5, 5.41) is 5.50. The number of aryl methyl sites for hydroxylation is 2. The molecule has 0 radical (unpaired) electrons. The van der Waals surface area contributed by atoms with E-state index in [1.54, 1.807) is 7.11 Å². The quantitative estimate of drug-likeness (QED) is 0.723. The summed E-state index contributed by atoms with van der Waals surface area (Å²) in [6.45, 7) is 7.24. The highest BCUT2D eigenvalue weighted by Gasteiger charge is 2.23. The van der Waals surface area contributed by atoms with Gasteiger partial charge in [-0.2, -0.15) is 5.10 Å². The molecule has 2 aromatic heterocycles. The Hall–Kier alpha value is -2.60. The summed E-state index contributed by atoms with van der Waals surface area (Å²) in [6.07, 6.45) is 4.04. The number of nitrogens with zero attached hydrogens (tertiary/aromatic N) is 4. The summed E-state index contributed by atoms with van der Waals surface area (Å²) in [5.41, 5.74) is 4.26. The molecule has 1 atom stereocenters. The molecule has 1 fully saturated rings. The minimum atomic E-state index is 0.108. The molecule has 26 heavy (non-hydrogen) atoms. The van der Waals surface area contributed by atoms with Crippen molar-refractivity contribution in [3.8, 4) is 5.75 Å². The molecule has 0 amide bonds. The first-order chi connectivity index (χ1) is 12.6. The minimum Gasteiger partial charge on any atom is -0.494 e. The number of benzene rings is 1. The van der Waals surface area contributed by atoms with Gasteiger partial charge in [-0.3, -0.25) is 4.68 Å². The average molecular weight is 352 g/mol. The van der Waals surface area contributed by atoms with E-state index in [0.717, 1.165) is 42.0 Å². The molecule has 1 aliphatic rings. The van der Waals surface area contributed by atoms with Crippen molar-refractivity contribution >= 4 is 16.6 Å². The number of para-hydroxylation sites is 1. The summed E-state index contributed by atoms with van der Waals surface area (Å²) >= 11 is 0. The van der Waals surface area contributed by atoms with Crippen LogP contribution in [0.25, 0.3) is 10.9 Å². The van der Waals surface area contributed by atoms with Crippen molar-refractivity contribution in [3.05, 3.63) is 47.9 Å². The molecule has 136 valence electrons. The molecule has 3 heterocycles. The van der Waals surface area contributed by atoms with Crippen LogP contribution in [0.3, 0.4) is 0 Å². The van der Waals surface area contributed by atoms with Crippen molar-refractivity contribution in [1.82, 2.24) is 14.8 Å². The van der Waals surface area contributed by atoms with E-state index >= 15 is 0 Å². The molecule has 0 aliphatic carbocycles. The molecule has 0 spiro atoms. The number of morpholine rings is 1. The molecule has 0 N–H and O–H groups in total. The summed E-state index contributed by atoms with van der Waals surface area (Å²) in [7, 11) is 1.69. The van der Waals surface area contributed by atoms with Crippen molar-refractivity contribution in [1.29, 1.82) is 0 Å². The Morgan fingerprint density at radius 1 is 1.31 bits per heavy atom. The van der Waals surface area contributed by atoms with Crippen molar-refractivity contribution in [2.45, 2.75) is 26.5 Å². The lowest BCUT2D eigenvalue weighted by molar-refractivity contribution is 0.0275. The van der Waals surface area contributed by atoms with Gasteiger partial charge in [0, 0.05) is 36.1 Å². The largest absolute Gasteiger partial charge is 0.494 e. The van der Waals surface area contributed by atoms with Crippen LogP contribution in [0.15, 0.2) is 36.7 Å². The van der Waals surface area contributed by atoms with E-state index in [0.29, 0.717) is 6.61 Å². The fourth-order valence-corrected chi connectivity index (χ4v) is 3.58. The maximum Gasteiger partial charge on any atom is 0.145 e. The minimum absolute atomic E-state index is 0.108. The Morgan fingerprint density at radius 3 is 2.96 bits per heavy atom. The Balaban J connectivity index is 1.64. The molecule has 6 heteroatoms. The lowest BCUT2D eigenvalue weighted by Gasteiger charge is -2.35. The monoisotopic (exact) mass is 352 g/mol. The normalized spacial score (nSPS) is 17.7. The smallest absolute Gasteiger partial charge is 0.145 e. The van der Waals surface area contributed by atoms with Crippen LogP contribution in [0.5, 0.6) is 5.75 Å². The summed E-state index contributed by atoms with van der Waals surface area (Å²) in [5.74, 6) is 0.810. The molecule has 3 aromatic rings. The van der Waals surface area contributed by atoms with Gasteiger partial charge in [-0.15, -0.1) is 0 Å². The van der Waals surface area contributed by atoms with Crippen LogP contribution < -0.4 is 9.64 Å². The first kappa shape index (κ1) is 16.8. The number of rotatable bonds is 4. The van der Waals surface area contributed by atoms with Crippen LogP contribution in [0.1, 0.15) is 11.3 Å². The Kier molecular flexibility index (Phi) is 4.51. The third-order valence-electron chi connectivity index (χ3n) is 4.76. The lowest BCUT2D eigenvalue weighted by Crippen LogP contribution is -2.44. The third kappa shape index (κ3) is 3.24. The van der Waals surface area contributed by atoms with Gasteiger partial charge in [-0.05, 0) is 31.5 Å². The van der Waals surface area contributed by atoms with E-state index in [-0.39, 0.29) is 6.10 Å². The lowest BCUT2D eigenvalue weighted by atomic mass is 10.1. The zero-order chi connectivity index (χ0) is 18.1. The molecule has 1 aliphatic heterocycles. The fraction of sp³-hybridized carbons (Fsp3) is 0.400. The van der Waals surface area contributed by atoms with E-state index in [1.165, 1.54) is 11.3 Å². The number of ether oxygens (including phenoxy) is 2. The second-order valence-corrected chi connectivity index (χ2v) is 6.82. The zero-order valence-electron chi connectivity index (χ0n) is 15.5. The van der Waals surface area contributed by atoms with Gasteiger partial charge in [0.25, 0.3) is 0 Å². The maximum atomic E-state index is 5.99. The van der Waals surface area contributed by atoms with Crippen LogP contribution in [-0.4, -0.2) is 47.7 Å². The highest BCUT2D eigenvalue weighted by Crippen LogP contribution is 2.33. The van der Waals surface area contributed by atoms with Gasteiger partial charge in [-0.25, -0.2) is 4.98 Å². The molecule has 6 nitrogen and oxygen atoms in total. The van der Waals surface area contributed by atoms with E-state index < -0.39 is 0 Å². The molecule has 1 unspecified atom stereocenters. The van der Waals surface area contributed by atoms with Gasteiger partial charge in [0.05, 0.1) is 32.6 Å². The molecule has 0 bridgehead atoms. The standard InChI is InChI=1S/C20H24N4O2/c1-14-10-21-24(11-14)13-16-12-23(7-8-26-16)18-9-15(2)22-20-17(18)5-4-6-19(20)25-3/h4-6,9-11,16H,7-8,12-13H2,1-3H3. The second-order valence-electron chi connectivity index (χ2n) is 6.82. The predicted molar refractivity (Wildman–Crippen MR) is 102 cm³/mol. The van der Waals surface area contributed by atoms with Crippen LogP contribution in [-0.2, 0) is 11.3 Å². The van der Waals surface area contributed by atoms with Crippen molar-refractivity contribution < 1.29 is 9.47 Å². The highest BCUT2D eigenvalue weighted by atomic mass is 16.5. The molecule has 1 saturated heterocycles. The van der Waals surface area contributed by atoms with Crippen LogP contribution >= 0.6 is 0 Å². The third-order valence-corrected chi connectivity index (χ3v) is 4.76. The van der Waals surface area contributed by atoms with Crippen LogP contribution in [0, 0.1) is 13.8 Å². The number of aromatic nitrogens is 3. The van der Waals surface area contributed by atoms with Gasteiger partial charge in [0.15, 0.2) is 0 Å². The molecule has 0 saturated carbocycles. The summed E-state index contributed by atoms with van der Waals surface area (Å²) in [4.78, 5) is 7.08. The number of hydrogen-bond donors (Lipinski definition) is 0. The van der Waals surface area contributed by atoms with Crippen molar-refractivity contribution in [2.24, 2.45) is 0 Å². The first-order valence-electron chi connectivity index (χ1n) is 8.94. The van der Waals surface area contributed by atoms with Gasteiger partial charge < -0.3 is 14.4 Å². The summed E-state index contributed by atoms with van der Waals surface area (Å²) in [6, 6.07) is 8.25. The van der Waals surface area contributed by atoms with Crippen molar-refractivity contribution in [3.63, 3.8) is 0 Å². The van der Waals surface area contributed by atoms with Crippen molar-refractivity contribution in [2.75, 3.05) is 31.7 Å². The maximum absolute atomic E-state index is 5.99. The van der Waals surface area contributed by atoms with Gasteiger partial charge >= 0.3 is 0 Å². The number of methoxy groups -OCH3 is 1. The predicted octanol–water partition coefficient (Wildman–Crippen LogP) is 2.96. The Morgan fingerprint density at radius 2 is 2.19 bits per heavy atom. The second kappa shape index (κ2) is 6.96. The van der Waals surface area contributed by atoms with Crippen LogP contribution in [0.4, 0.5) is 5.69 Å². The Labute approximate surface area is 153 Å². The number of hydrogen-bond acceptors (Lipinski definition) is 5. The number of fused-ring (bicyclic) bond motifs is 1. The first-order valence-corrected chi connectivity index (χ1v) is 8.94. The number of anilines is 1. The Bertz CT molecular complexity index is 921. The highest BCUT2D eigenvalue weighted by molar-refractivity contribution is 5.95. The number of pyridine rings is 1. The zero-order valence-corrected chi connectivity index (χ0v) is 15.5. The fourth-order valence-electron chi connectivity index (χ4n) is 3.58. The molecule has 1 aromatic carbocycles. The van der Waals surface area contributed by atoms with Gasteiger partial charge in [0.1, 0.15) is 11.3 Å². The van der Waals surface area contributed by atoms with Crippen LogP contribution in [0.2, 0.25) is 0 Å².